The topological polar surface area (TPSA) is 105 Å². The van der Waals surface area contributed by atoms with E-state index in [9.17, 15) is 19.4 Å². The predicted octanol–water partition coefficient (Wildman–Crippen LogP) is 18.8. The second kappa shape index (κ2) is 52.8. The summed E-state index contributed by atoms with van der Waals surface area (Å²) < 4.78 is 23.7. The van der Waals surface area contributed by atoms with Crippen LogP contribution in [0.1, 0.15) is 309 Å². The zero-order valence-corrected chi connectivity index (χ0v) is 48.4. The zero-order chi connectivity index (χ0) is 51.3. The van der Waals surface area contributed by atoms with Crippen molar-refractivity contribution in [3.8, 4) is 0 Å². The van der Waals surface area contributed by atoms with Gasteiger partial charge in [-0.2, -0.15) is 0 Å². The molecule has 3 N–H and O–H groups in total. The lowest BCUT2D eigenvalue weighted by molar-refractivity contribution is -0.870. The van der Waals surface area contributed by atoms with Crippen molar-refractivity contribution in [2.75, 3.05) is 40.9 Å². The van der Waals surface area contributed by atoms with Gasteiger partial charge in [-0.15, -0.1) is 0 Å². The van der Waals surface area contributed by atoms with E-state index in [4.69, 9.17) is 9.05 Å². The van der Waals surface area contributed by atoms with Crippen LogP contribution < -0.4 is 5.32 Å². The molecular weight excluding hydrogens is 888 g/mol. The number of carbonyl (C=O) groups is 1. The Kier molecular flexibility index (Phi) is 52.1. The van der Waals surface area contributed by atoms with Crippen LogP contribution in [0.5, 0.6) is 0 Å². The first-order chi connectivity index (χ1) is 34.0. The van der Waals surface area contributed by atoms with E-state index >= 15 is 0 Å². The molecule has 8 nitrogen and oxygen atoms in total. The van der Waals surface area contributed by atoms with Gasteiger partial charge in [-0.05, 0) is 32.1 Å². The number of phosphoric ester groups is 1. The number of amides is 1. The molecule has 0 bridgehead atoms. The summed E-state index contributed by atoms with van der Waals surface area (Å²) in [6.45, 7) is 4.84. The maximum Gasteiger partial charge on any atom is 0.472 e. The van der Waals surface area contributed by atoms with Gasteiger partial charge in [0.25, 0.3) is 0 Å². The minimum absolute atomic E-state index is 0.0588. The normalized spacial score (nSPS) is 14.0. The number of phosphoric acid groups is 1. The quantitative estimate of drug-likeness (QED) is 0.0243. The van der Waals surface area contributed by atoms with E-state index in [2.05, 4.69) is 31.3 Å². The predicted molar refractivity (Wildman–Crippen MR) is 305 cm³/mol. The summed E-state index contributed by atoms with van der Waals surface area (Å²) in [6, 6.07) is -0.860. The van der Waals surface area contributed by atoms with Crippen LogP contribution in [-0.4, -0.2) is 73.4 Å². The molecule has 0 radical (unpaired) electrons. The van der Waals surface area contributed by atoms with Crippen LogP contribution in [0.15, 0.2) is 24.3 Å². The first kappa shape index (κ1) is 69.0. The highest BCUT2D eigenvalue weighted by Gasteiger charge is 2.27. The number of allylic oxidation sites excluding steroid dienone is 3. The number of nitrogens with zero attached hydrogens (tertiary/aromatic N) is 1. The second-order valence-electron chi connectivity index (χ2n) is 22.4. The summed E-state index contributed by atoms with van der Waals surface area (Å²) >= 11 is 0. The third-order valence-electron chi connectivity index (χ3n) is 14.2. The number of rotatable bonds is 57. The Morgan fingerprint density at radius 1 is 0.471 bits per heavy atom. The van der Waals surface area contributed by atoms with Crippen LogP contribution in [-0.2, 0) is 18.4 Å². The fourth-order valence-electron chi connectivity index (χ4n) is 9.36. The molecule has 0 aromatic rings. The highest BCUT2D eigenvalue weighted by Crippen LogP contribution is 2.43. The first-order valence-corrected chi connectivity index (χ1v) is 32.2. The highest BCUT2D eigenvalue weighted by molar-refractivity contribution is 7.47. The van der Waals surface area contributed by atoms with Crippen molar-refractivity contribution >= 4 is 13.7 Å². The third kappa shape index (κ3) is 54.7. The van der Waals surface area contributed by atoms with Crippen molar-refractivity contribution in [2.45, 2.75) is 321 Å². The molecule has 416 valence electrons. The van der Waals surface area contributed by atoms with Crippen molar-refractivity contribution in [3.05, 3.63) is 24.3 Å². The van der Waals surface area contributed by atoms with Crippen LogP contribution >= 0.6 is 7.82 Å². The molecule has 0 aliphatic rings. The molecule has 70 heavy (non-hydrogen) atoms. The molecule has 0 aliphatic heterocycles. The van der Waals surface area contributed by atoms with E-state index in [1.54, 1.807) is 6.08 Å². The molecule has 0 aliphatic carbocycles. The van der Waals surface area contributed by atoms with Gasteiger partial charge in [-0.1, -0.05) is 295 Å². The first-order valence-electron chi connectivity index (χ1n) is 30.7. The molecule has 1 amide bonds. The van der Waals surface area contributed by atoms with Gasteiger partial charge in [0.15, 0.2) is 0 Å². The SMILES string of the molecule is CCCCCCCCCCCCCCCCCCCCCCCCCCCC/C=C/CC/C=C/C(O)C(COP(=O)(O)OCC[N+](C)(C)C)NC(=O)CCCCCCCCCCCCCCCCCC. The summed E-state index contributed by atoms with van der Waals surface area (Å²) in [5, 5.41) is 13.9. The maximum absolute atomic E-state index is 13.0. The lowest BCUT2D eigenvalue weighted by Gasteiger charge is -2.25. The Hall–Kier alpha value is -1.02. The molecule has 0 heterocycles. The lowest BCUT2D eigenvalue weighted by atomic mass is 10.0. The maximum atomic E-state index is 13.0. The van der Waals surface area contributed by atoms with Crippen LogP contribution in [0.3, 0.4) is 0 Å². The number of quaternary nitrogens is 1. The highest BCUT2D eigenvalue weighted by atomic mass is 31.2. The van der Waals surface area contributed by atoms with Gasteiger partial charge in [0.1, 0.15) is 13.2 Å². The van der Waals surface area contributed by atoms with E-state index in [1.807, 2.05) is 27.2 Å². The van der Waals surface area contributed by atoms with Crippen LogP contribution in [0.25, 0.3) is 0 Å². The van der Waals surface area contributed by atoms with Crippen LogP contribution in [0.4, 0.5) is 0 Å². The number of aliphatic hydroxyl groups is 1. The molecule has 3 atom stereocenters. The molecule has 0 aromatic heterocycles. The number of unbranched alkanes of at least 4 members (excludes halogenated alkanes) is 42. The van der Waals surface area contributed by atoms with Gasteiger partial charge in [0.2, 0.25) is 5.91 Å². The molecule has 9 heteroatoms. The zero-order valence-electron chi connectivity index (χ0n) is 47.5. The Bertz CT molecular complexity index is 1190. The van der Waals surface area contributed by atoms with Crippen molar-refractivity contribution in [3.63, 3.8) is 0 Å². The standard InChI is InChI=1S/C61H121N2O6P/c1-6-8-10-12-14-16-18-20-22-24-25-26-27-28-29-30-31-32-33-34-35-36-37-38-39-40-42-44-46-48-50-52-54-60(64)59(58-69-70(66,67)68-57-56-63(3,4)5)62-61(65)55-53-51-49-47-45-43-41-23-21-19-17-15-13-11-9-7-2/h44,46,52,54,59-60,64H,6-43,45,47-51,53,55-58H2,1-5H3,(H-,62,65,66,67)/p+1/b46-44+,54-52+. The van der Waals surface area contributed by atoms with Crippen molar-refractivity contribution in [2.24, 2.45) is 0 Å². The van der Waals surface area contributed by atoms with Crippen LogP contribution in [0.2, 0.25) is 0 Å². The van der Waals surface area contributed by atoms with E-state index < -0.39 is 20.0 Å². The molecule has 0 spiro atoms. The average Bonchev–Trinajstić information content (AvgIpc) is 3.32. The molecule has 0 saturated carbocycles. The number of nitrogens with one attached hydrogen (secondary N) is 1. The number of carbonyl (C=O) groups excluding carboxylic acids is 1. The Balaban J connectivity index is 4.10. The van der Waals surface area contributed by atoms with Crippen molar-refractivity contribution < 1.29 is 32.9 Å². The summed E-state index contributed by atoms with van der Waals surface area (Å²) in [6.07, 6.45) is 67.4. The minimum Gasteiger partial charge on any atom is -0.387 e. The van der Waals surface area contributed by atoms with Crippen LogP contribution in [0, 0.1) is 0 Å². The molecule has 0 aromatic carbocycles. The minimum atomic E-state index is -4.35. The second-order valence-corrected chi connectivity index (χ2v) is 23.9. The fraction of sp³-hybridized carbons (Fsp3) is 0.918. The van der Waals surface area contributed by atoms with E-state index in [0.29, 0.717) is 17.4 Å². The van der Waals surface area contributed by atoms with Gasteiger partial charge in [-0.3, -0.25) is 13.8 Å². The number of aliphatic hydroxyl groups excluding tert-OH is 1. The largest absolute Gasteiger partial charge is 0.472 e. The fourth-order valence-corrected chi connectivity index (χ4v) is 10.1. The van der Waals surface area contributed by atoms with Gasteiger partial charge >= 0.3 is 7.82 Å². The van der Waals surface area contributed by atoms with E-state index in [0.717, 1.165) is 38.5 Å². The van der Waals surface area contributed by atoms with Gasteiger partial charge in [0.05, 0.1) is 39.9 Å². The number of likely N-dealkylation sites (N-methyl/N-ethyl adjacent to an activating group) is 1. The number of hydrogen-bond acceptors (Lipinski definition) is 5. The molecule has 0 saturated heterocycles. The van der Waals surface area contributed by atoms with Crippen molar-refractivity contribution in [1.82, 2.24) is 5.32 Å². The third-order valence-corrected chi connectivity index (χ3v) is 15.2. The van der Waals surface area contributed by atoms with Gasteiger partial charge in [-0.25, -0.2) is 4.57 Å². The smallest absolute Gasteiger partial charge is 0.387 e. The van der Waals surface area contributed by atoms with E-state index in [-0.39, 0.29) is 19.1 Å². The summed E-state index contributed by atoms with van der Waals surface area (Å²) in [4.78, 5) is 23.3. The van der Waals surface area contributed by atoms with Crippen molar-refractivity contribution in [1.29, 1.82) is 0 Å². The molecule has 0 rings (SSSR count). The summed E-state index contributed by atoms with van der Waals surface area (Å²) in [5.41, 5.74) is 0. The molecular formula is C61H122N2O6P+. The van der Waals surface area contributed by atoms with Gasteiger partial charge in [0, 0.05) is 6.42 Å². The Morgan fingerprint density at radius 2 is 0.786 bits per heavy atom. The monoisotopic (exact) mass is 1010 g/mol. The molecule has 0 fully saturated rings. The summed E-state index contributed by atoms with van der Waals surface area (Å²) in [7, 11) is 1.57. The average molecular weight is 1010 g/mol. The Morgan fingerprint density at radius 3 is 1.14 bits per heavy atom. The molecule has 3 unspecified atom stereocenters. The number of hydrogen-bond donors (Lipinski definition) is 3. The lowest BCUT2D eigenvalue weighted by Crippen LogP contribution is -2.45. The van der Waals surface area contributed by atoms with Gasteiger partial charge < -0.3 is 19.8 Å². The van der Waals surface area contributed by atoms with E-state index in [1.165, 1.54) is 250 Å². The summed E-state index contributed by atoms with van der Waals surface area (Å²) in [5.74, 6) is -0.181. The Labute approximate surface area is 436 Å².